The summed E-state index contributed by atoms with van der Waals surface area (Å²) in [4.78, 5) is 9.24. The van der Waals surface area contributed by atoms with Crippen LogP contribution in [0, 0.1) is 0 Å². The Morgan fingerprint density at radius 2 is 2.00 bits per heavy atom. The molecule has 0 atom stereocenters. The van der Waals surface area contributed by atoms with E-state index in [-0.39, 0.29) is 28.9 Å². The lowest BCUT2D eigenvalue weighted by Gasteiger charge is -1.69. The van der Waals surface area contributed by atoms with Gasteiger partial charge in [0.05, 0.1) is 0 Å². The third kappa shape index (κ3) is 8.82. The third-order valence-electron chi connectivity index (χ3n) is 0.114. The lowest BCUT2D eigenvalue weighted by atomic mass is 10.8. The molecule has 4 heteroatoms. The molecule has 1 N–H and O–H groups in total. The van der Waals surface area contributed by atoms with Crippen molar-refractivity contribution in [3.8, 4) is 0 Å². The summed E-state index contributed by atoms with van der Waals surface area (Å²) >= 11 is 4.74. The maximum atomic E-state index is 9.24. The maximum absolute atomic E-state index is 9.24. The lowest BCUT2D eigenvalue weighted by Crippen LogP contribution is -1.92. The molecule has 34 valence electrons. The minimum absolute atomic E-state index is 0. The number of alkyl halides is 1. The highest BCUT2D eigenvalue weighted by atomic mass is 35.5. The molecule has 0 heterocycles. The SMILES string of the molecule is O=C(O)CCl.[MgH2]. The van der Waals surface area contributed by atoms with Gasteiger partial charge in [0.1, 0.15) is 5.88 Å². The number of hydrogen-bond acceptors (Lipinski definition) is 1. The molecule has 0 unspecified atom stereocenters. The Labute approximate surface area is 56.6 Å². The molecule has 0 aromatic rings. The normalized spacial score (nSPS) is 6.17. The van der Waals surface area contributed by atoms with E-state index in [2.05, 4.69) is 0 Å². The zero-order valence-corrected chi connectivity index (χ0v) is 3.20. The summed E-state index contributed by atoms with van der Waals surface area (Å²) in [5.74, 6) is -1.29. The minimum Gasteiger partial charge on any atom is -0.480 e. The van der Waals surface area contributed by atoms with Crippen LogP contribution in [0.25, 0.3) is 0 Å². The first kappa shape index (κ1) is 9.73. The smallest absolute Gasteiger partial charge is 0.318 e. The third-order valence-corrected chi connectivity index (χ3v) is 0.343. The van der Waals surface area contributed by atoms with Gasteiger partial charge in [0.2, 0.25) is 0 Å². The topological polar surface area (TPSA) is 37.3 Å². The van der Waals surface area contributed by atoms with E-state index in [1.807, 2.05) is 0 Å². The fraction of sp³-hybridized carbons (Fsp3) is 0.500. The summed E-state index contributed by atoms with van der Waals surface area (Å²) < 4.78 is 0. The summed E-state index contributed by atoms with van der Waals surface area (Å²) in [6, 6.07) is 0. The summed E-state index contributed by atoms with van der Waals surface area (Å²) in [7, 11) is 0. The van der Waals surface area contributed by atoms with Crippen LogP contribution in [0.1, 0.15) is 0 Å². The Balaban J connectivity index is 0. The van der Waals surface area contributed by atoms with Gasteiger partial charge in [-0.3, -0.25) is 4.79 Å². The van der Waals surface area contributed by atoms with Gasteiger partial charge in [0.25, 0.3) is 0 Å². The molecule has 0 amide bonds. The molecule has 0 radical (unpaired) electrons. The van der Waals surface area contributed by atoms with Gasteiger partial charge in [-0.2, -0.15) is 0 Å². The Morgan fingerprint density at radius 3 is 2.00 bits per heavy atom. The molecule has 0 bridgehead atoms. The number of halogens is 1. The van der Waals surface area contributed by atoms with Crippen molar-refractivity contribution in [3.63, 3.8) is 0 Å². The Hall–Kier alpha value is 0.526. The monoisotopic (exact) mass is 120 g/mol. The Kier molecular flexibility index (Phi) is 8.96. The van der Waals surface area contributed by atoms with E-state index >= 15 is 0 Å². The molecular formula is C2H5ClMgO2. The standard InChI is InChI=1S/C2H3ClO2.Mg.2H/c3-1-2(4)5;;;/h1H2,(H,4,5);;;. The number of carboxylic acid groups (broad SMARTS) is 1. The zero-order valence-electron chi connectivity index (χ0n) is 2.44. The summed E-state index contributed by atoms with van der Waals surface area (Å²) in [5.41, 5.74) is 0. The van der Waals surface area contributed by atoms with Crippen molar-refractivity contribution in [3.05, 3.63) is 0 Å². The molecule has 0 spiro atoms. The highest BCUT2D eigenvalue weighted by Crippen LogP contribution is 1.67. The Bertz CT molecular complexity index is 46.8. The van der Waals surface area contributed by atoms with E-state index in [4.69, 9.17) is 16.7 Å². The second-order valence-electron chi connectivity index (χ2n) is 0.527. The first-order chi connectivity index (χ1) is 2.27. The van der Waals surface area contributed by atoms with Crippen LogP contribution in [0.4, 0.5) is 0 Å². The van der Waals surface area contributed by atoms with E-state index in [9.17, 15) is 4.79 Å². The zero-order chi connectivity index (χ0) is 4.28. The van der Waals surface area contributed by atoms with Gasteiger partial charge in [-0.1, -0.05) is 0 Å². The minimum atomic E-state index is -0.980. The highest BCUT2D eigenvalue weighted by molar-refractivity contribution is 6.26. The van der Waals surface area contributed by atoms with Crippen LogP contribution >= 0.6 is 11.6 Å². The number of rotatable bonds is 1. The predicted octanol–water partition coefficient (Wildman–Crippen LogP) is -0.606. The van der Waals surface area contributed by atoms with Gasteiger partial charge in [-0.05, 0) is 0 Å². The molecule has 0 aliphatic carbocycles. The second kappa shape index (κ2) is 5.53. The van der Waals surface area contributed by atoms with Crippen LogP contribution in [0.5, 0.6) is 0 Å². The van der Waals surface area contributed by atoms with Gasteiger partial charge in [-0.15, -0.1) is 11.6 Å². The van der Waals surface area contributed by atoms with Gasteiger partial charge in [0, 0.05) is 0 Å². The number of carboxylic acids is 1. The van der Waals surface area contributed by atoms with Crippen LogP contribution in [0.3, 0.4) is 0 Å². The van der Waals surface area contributed by atoms with Crippen molar-refractivity contribution >= 4 is 40.6 Å². The van der Waals surface area contributed by atoms with Crippen LogP contribution < -0.4 is 0 Å². The average molecular weight is 121 g/mol. The van der Waals surface area contributed by atoms with E-state index in [0.29, 0.717) is 0 Å². The summed E-state index contributed by atoms with van der Waals surface area (Å²) in [6.07, 6.45) is 0. The summed E-state index contributed by atoms with van der Waals surface area (Å²) in [5, 5.41) is 7.59. The van der Waals surface area contributed by atoms with Crippen LogP contribution in [-0.2, 0) is 4.79 Å². The quantitative estimate of drug-likeness (QED) is 0.371. The summed E-state index contributed by atoms with van der Waals surface area (Å²) in [6.45, 7) is 0. The van der Waals surface area contributed by atoms with E-state index in [1.54, 1.807) is 0 Å². The van der Waals surface area contributed by atoms with Crippen molar-refractivity contribution < 1.29 is 9.90 Å². The molecule has 6 heavy (non-hydrogen) atoms. The van der Waals surface area contributed by atoms with Crippen molar-refractivity contribution in [2.24, 2.45) is 0 Å². The van der Waals surface area contributed by atoms with Gasteiger partial charge in [-0.25, -0.2) is 0 Å². The van der Waals surface area contributed by atoms with E-state index in [1.165, 1.54) is 0 Å². The highest BCUT2D eigenvalue weighted by Gasteiger charge is 1.83. The fourth-order valence-corrected chi connectivity index (χ4v) is 0. The van der Waals surface area contributed by atoms with Gasteiger partial charge >= 0.3 is 29.0 Å². The van der Waals surface area contributed by atoms with Crippen molar-refractivity contribution in [1.82, 2.24) is 0 Å². The molecule has 0 saturated heterocycles. The van der Waals surface area contributed by atoms with Crippen molar-refractivity contribution in [1.29, 1.82) is 0 Å². The number of aliphatic carboxylic acids is 1. The maximum Gasteiger partial charge on any atom is 0.318 e. The van der Waals surface area contributed by atoms with Crippen LogP contribution in [0.15, 0.2) is 0 Å². The van der Waals surface area contributed by atoms with E-state index in [0.717, 1.165) is 0 Å². The van der Waals surface area contributed by atoms with Gasteiger partial charge < -0.3 is 5.11 Å². The number of hydrogen-bond donors (Lipinski definition) is 1. The average Bonchev–Trinajstić information content (AvgIpc) is 1.38. The van der Waals surface area contributed by atoms with E-state index < -0.39 is 5.97 Å². The lowest BCUT2D eigenvalue weighted by molar-refractivity contribution is -0.134. The molecule has 0 aliphatic rings. The number of carbonyl (C=O) groups is 1. The Morgan fingerprint density at radius 1 is 1.83 bits per heavy atom. The first-order valence-corrected chi connectivity index (χ1v) is 1.58. The molecule has 0 rings (SSSR count). The van der Waals surface area contributed by atoms with Crippen LogP contribution in [0.2, 0.25) is 0 Å². The molecule has 0 aromatic heterocycles. The van der Waals surface area contributed by atoms with Gasteiger partial charge in [0.15, 0.2) is 0 Å². The molecular weight excluding hydrogens is 116 g/mol. The molecule has 0 fully saturated rings. The van der Waals surface area contributed by atoms with Crippen molar-refractivity contribution in [2.45, 2.75) is 0 Å². The fourth-order valence-electron chi connectivity index (χ4n) is 0. The second-order valence-corrected chi connectivity index (χ2v) is 0.795. The molecule has 0 aliphatic heterocycles. The first-order valence-electron chi connectivity index (χ1n) is 1.05. The molecule has 0 aromatic carbocycles. The van der Waals surface area contributed by atoms with Crippen LogP contribution in [-0.4, -0.2) is 40.0 Å². The molecule has 0 saturated carbocycles. The van der Waals surface area contributed by atoms with Crippen molar-refractivity contribution in [2.75, 3.05) is 5.88 Å². The molecule has 2 nitrogen and oxygen atoms in total. The largest absolute Gasteiger partial charge is 0.480 e. The predicted molar refractivity (Wildman–Crippen MR) is 26.9 cm³/mol.